The van der Waals surface area contributed by atoms with Crippen LogP contribution in [0.4, 0.5) is 5.69 Å². The quantitative estimate of drug-likeness (QED) is 0.580. The van der Waals surface area contributed by atoms with Crippen LogP contribution in [-0.4, -0.2) is 18.2 Å². The third kappa shape index (κ3) is 3.94. The zero-order valence-electron chi connectivity index (χ0n) is 12.2. The number of carbonyl (C=O) groups is 1. The van der Waals surface area contributed by atoms with Crippen LogP contribution in [-0.2, 0) is 4.79 Å². The average molecular weight is 436 g/mol. The Balaban J connectivity index is 1.81. The highest BCUT2D eigenvalue weighted by molar-refractivity contribution is 14.1. The van der Waals surface area contributed by atoms with Crippen molar-refractivity contribution in [3.63, 3.8) is 0 Å². The second kappa shape index (κ2) is 7.18. The largest absolute Gasteiger partial charge is 0.497 e. The van der Waals surface area contributed by atoms with E-state index in [0.29, 0.717) is 10.1 Å². The molecule has 0 unspecified atom stereocenters. The number of hydrogen-bond donors (Lipinski definition) is 1. The number of ether oxygens (including phenoxy) is 1. The van der Waals surface area contributed by atoms with Gasteiger partial charge >= 0.3 is 0 Å². The summed E-state index contributed by atoms with van der Waals surface area (Å²) in [5.74, 6) is 0.651. The maximum Gasteiger partial charge on any atom is 0.264 e. The Kier molecular flexibility index (Phi) is 5.02. The van der Waals surface area contributed by atoms with Crippen LogP contribution in [0.5, 0.6) is 5.75 Å². The van der Waals surface area contributed by atoms with Gasteiger partial charge in [0.25, 0.3) is 5.91 Å². The molecule has 0 aromatic heterocycles. The van der Waals surface area contributed by atoms with Crippen molar-refractivity contribution in [2.24, 2.45) is 4.99 Å². The van der Waals surface area contributed by atoms with Crippen LogP contribution in [0.15, 0.2) is 58.4 Å². The van der Waals surface area contributed by atoms with Gasteiger partial charge in [0.05, 0.1) is 17.7 Å². The van der Waals surface area contributed by atoms with Crippen LogP contribution in [0, 0.1) is 3.57 Å². The molecule has 1 aliphatic rings. The summed E-state index contributed by atoms with van der Waals surface area (Å²) < 4.78 is 6.22. The van der Waals surface area contributed by atoms with E-state index in [-0.39, 0.29) is 5.91 Å². The van der Waals surface area contributed by atoms with Gasteiger partial charge in [0.15, 0.2) is 5.17 Å². The van der Waals surface area contributed by atoms with E-state index in [9.17, 15) is 4.79 Å². The predicted molar refractivity (Wildman–Crippen MR) is 103 cm³/mol. The van der Waals surface area contributed by atoms with Crippen molar-refractivity contribution in [1.29, 1.82) is 0 Å². The van der Waals surface area contributed by atoms with Gasteiger partial charge in [-0.1, -0.05) is 18.2 Å². The standard InChI is InChI=1S/C17H13IN2O2S/c1-22-13-8-6-12(7-9-13)19-17-20-16(21)15(23-17)10-11-4-2-3-5-14(11)18/h2-10H,1H3,(H,19,20,21). The summed E-state index contributed by atoms with van der Waals surface area (Å²) in [6, 6.07) is 15.3. The van der Waals surface area contributed by atoms with Gasteiger partial charge in [0.1, 0.15) is 5.75 Å². The van der Waals surface area contributed by atoms with Crippen molar-refractivity contribution < 1.29 is 9.53 Å². The van der Waals surface area contributed by atoms with E-state index in [2.05, 4.69) is 32.9 Å². The highest BCUT2D eigenvalue weighted by atomic mass is 127. The molecule has 0 radical (unpaired) electrons. The fourth-order valence-electron chi connectivity index (χ4n) is 1.99. The molecule has 0 spiro atoms. The fourth-order valence-corrected chi connectivity index (χ4v) is 3.36. The summed E-state index contributed by atoms with van der Waals surface area (Å²) in [6.45, 7) is 0. The van der Waals surface area contributed by atoms with E-state index >= 15 is 0 Å². The monoisotopic (exact) mass is 436 g/mol. The van der Waals surface area contributed by atoms with Gasteiger partial charge < -0.3 is 10.1 Å². The van der Waals surface area contributed by atoms with Crippen molar-refractivity contribution in [1.82, 2.24) is 5.32 Å². The molecule has 0 bridgehead atoms. The van der Waals surface area contributed by atoms with Crippen LogP contribution >= 0.6 is 34.4 Å². The van der Waals surface area contributed by atoms with Crippen molar-refractivity contribution in [2.75, 3.05) is 7.11 Å². The molecule has 1 aliphatic heterocycles. The van der Waals surface area contributed by atoms with Crippen LogP contribution < -0.4 is 10.1 Å². The van der Waals surface area contributed by atoms with Gasteiger partial charge in [-0.15, -0.1) is 0 Å². The zero-order valence-corrected chi connectivity index (χ0v) is 15.2. The van der Waals surface area contributed by atoms with Gasteiger partial charge in [-0.3, -0.25) is 4.79 Å². The minimum Gasteiger partial charge on any atom is -0.497 e. The number of nitrogens with one attached hydrogen (secondary N) is 1. The molecule has 2 aromatic rings. The van der Waals surface area contributed by atoms with Crippen LogP contribution in [0.1, 0.15) is 5.56 Å². The first-order valence-corrected chi connectivity index (χ1v) is 8.73. The second-order valence-corrected chi connectivity index (χ2v) is 6.89. The minimum atomic E-state index is -0.123. The Bertz CT molecular complexity index is 800. The topological polar surface area (TPSA) is 50.7 Å². The molecule has 4 nitrogen and oxygen atoms in total. The van der Waals surface area contributed by atoms with E-state index in [1.165, 1.54) is 11.8 Å². The summed E-state index contributed by atoms with van der Waals surface area (Å²) in [6.07, 6.45) is 1.89. The first kappa shape index (κ1) is 16.1. The summed E-state index contributed by atoms with van der Waals surface area (Å²) >= 11 is 3.60. The zero-order chi connectivity index (χ0) is 16.2. The first-order chi connectivity index (χ1) is 11.2. The summed E-state index contributed by atoms with van der Waals surface area (Å²) in [7, 11) is 1.62. The molecule has 1 N–H and O–H groups in total. The van der Waals surface area contributed by atoms with Crippen molar-refractivity contribution in [3.8, 4) is 5.75 Å². The summed E-state index contributed by atoms with van der Waals surface area (Å²) in [5.41, 5.74) is 1.79. The second-order valence-electron chi connectivity index (χ2n) is 4.70. The number of thioether (sulfide) groups is 1. The molecular weight excluding hydrogens is 423 g/mol. The van der Waals surface area contributed by atoms with Gasteiger partial charge in [-0.05, 0) is 76.3 Å². The number of halogens is 1. The molecule has 0 saturated carbocycles. The maximum absolute atomic E-state index is 12.1. The highest BCUT2D eigenvalue weighted by Crippen LogP contribution is 2.29. The molecule has 1 heterocycles. The molecule has 3 rings (SSSR count). The van der Waals surface area contributed by atoms with Crippen molar-refractivity contribution >= 4 is 57.2 Å². The van der Waals surface area contributed by atoms with Gasteiger partial charge in [-0.25, -0.2) is 4.99 Å². The lowest BCUT2D eigenvalue weighted by Crippen LogP contribution is -2.19. The van der Waals surface area contributed by atoms with Crippen molar-refractivity contribution in [2.45, 2.75) is 0 Å². The molecule has 0 aliphatic carbocycles. The molecule has 116 valence electrons. The Labute approximate surface area is 152 Å². The first-order valence-electron chi connectivity index (χ1n) is 6.84. The average Bonchev–Trinajstić information content (AvgIpc) is 2.90. The number of aliphatic imine (C=N–C) groups is 1. The summed E-state index contributed by atoms with van der Waals surface area (Å²) in [4.78, 5) is 17.2. The van der Waals surface area contributed by atoms with Gasteiger partial charge in [0, 0.05) is 3.57 Å². The lowest BCUT2D eigenvalue weighted by Gasteiger charge is -2.00. The Morgan fingerprint density at radius 2 is 1.91 bits per heavy atom. The molecule has 23 heavy (non-hydrogen) atoms. The Morgan fingerprint density at radius 1 is 1.17 bits per heavy atom. The van der Waals surface area contributed by atoms with E-state index < -0.39 is 0 Å². The molecule has 1 amide bonds. The third-order valence-electron chi connectivity index (χ3n) is 3.15. The van der Waals surface area contributed by atoms with Crippen LogP contribution in [0.25, 0.3) is 6.08 Å². The number of methoxy groups -OCH3 is 1. The number of carbonyl (C=O) groups excluding carboxylic acids is 1. The van der Waals surface area contributed by atoms with E-state index in [1.54, 1.807) is 7.11 Å². The Hall–Kier alpha value is -1.80. The minimum absolute atomic E-state index is 0.123. The number of benzene rings is 2. The molecule has 1 fully saturated rings. The van der Waals surface area contributed by atoms with E-state index in [1.807, 2.05) is 54.6 Å². The van der Waals surface area contributed by atoms with Crippen LogP contribution in [0.3, 0.4) is 0 Å². The Morgan fingerprint density at radius 3 is 2.61 bits per heavy atom. The maximum atomic E-state index is 12.1. The molecule has 1 saturated heterocycles. The predicted octanol–water partition coefficient (Wildman–Crippen LogP) is 4.19. The van der Waals surface area contributed by atoms with E-state index in [4.69, 9.17) is 4.74 Å². The highest BCUT2D eigenvalue weighted by Gasteiger charge is 2.23. The SMILES string of the molecule is COc1ccc(N=C2NC(=O)C(=Cc3ccccc3I)S2)cc1. The van der Waals surface area contributed by atoms with E-state index in [0.717, 1.165) is 20.6 Å². The summed E-state index contributed by atoms with van der Waals surface area (Å²) in [5, 5.41) is 3.37. The molecule has 6 heteroatoms. The number of amides is 1. The third-order valence-corrected chi connectivity index (χ3v) is 5.04. The molecule has 2 aromatic carbocycles. The number of hydrogen-bond acceptors (Lipinski definition) is 4. The lowest BCUT2D eigenvalue weighted by molar-refractivity contribution is -0.115. The van der Waals surface area contributed by atoms with Gasteiger partial charge in [0.2, 0.25) is 0 Å². The smallest absolute Gasteiger partial charge is 0.264 e. The molecule has 0 atom stereocenters. The number of nitrogens with zero attached hydrogens (tertiary/aromatic N) is 1. The fraction of sp³-hybridized carbons (Fsp3) is 0.0588. The number of rotatable bonds is 3. The normalized spacial score (nSPS) is 17.6. The van der Waals surface area contributed by atoms with Crippen LogP contribution in [0.2, 0.25) is 0 Å². The number of amidine groups is 1. The lowest BCUT2D eigenvalue weighted by atomic mass is 10.2. The van der Waals surface area contributed by atoms with Gasteiger partial charge in [-0.2, -0.15) is 0 Å². The van der Waals surface area contributed by atoms with Crippen molar-refractivity contribution in [3.05, 3.63) is 62.6 Å². The molecular formula is C17H13IN2O2S.